The Morgan fingerprint density at radius 1 is 1.37 bits per heavy atom. The zero-order chi connectivity index (χ0) is 13.4. The van der Waals surface area contributed by atoms with E-state index in [4.69, 9.17) is 0 Å². The van der Waals surface area contributed by atoms with Gasteiger partial charge in [0.1, 0.15) is 0 Å². The summed E-state index contributed by atoms with van der Waals surface area (Å²) in [6.45, 7) is 0. The van der Waals surface area contributed by atoms with Gasteiger partial charge in [0.15, 0.2) is 17.2 Å². The molecule has 0 radical (unpaired) electrons. The summed E-state index contributed by atoms with van der Waals surface area (Å²) in [5.41, 5.74) is 0.763. The Labute approximate surface area is 109 Å². The number of fused-ring (bicyclic) bond motifs is 1. The van der Waals surface area contributed by atoms with Crippen molar-refractivity contribution in [3.63, 3.8) is 0 Å². The first-order valence-corrected chi connectivity index (χ1v) is 6.58. The largest absolute Gasteiger partial charge is 0.477 e. The molecule has 0 spiro atoms. The molecule has 3 rings (SSSR count). The van der Waals surface area contributed by atoms with E-state index in [9.17, 15) is 14.3 Å². The molecule has 100 valence electrons. The van der Waals surface area contributed by atoms with Gasteiger partial charge in [-0.1, -0.05) is 19.3 Å². The highest BCUT2D eigenvalue weighted by Gasteiger charge is 2.27. The van der Waals surface area contributed by atoms with Gasteiger partial charge in [-0.25, -0.2) is 14.2 Å². The average molecular weight is 262 g/mol. The second kappa shape index (κ2) is 4.64. The number of carboxylic acid groups (broad SMARTS) is 1. The molecule has 1 fully saturated rings. The first-order valence-electron chi connectivity index (χ1n) is 6.58. The summed E-state index contributed by atoms with van der Waals surface area (Å²) in [6.07, 6.45) is 6.78. The number of nitrogens with zero attached hydrogens (tertiary/aromatic N) is 2. The van der Waals surface area contributed by atoms with E-state index in [2.05, 4.69) is 4.98 Å². The Morgan fingerprint density at radius 2 is 2.11 bits per heavy atom. The number of pyridine rings is 1. The van der Waals surface area contributed by atoms with E-state index in [1.165, 1.54) is 23.0 Å². The second-order valence-electron chi connectivity index (χ2n) is 5.04. The molecule has 0 aromatic carbocycles. The number of halogens is 1. The van der Waals surface area contributed by atoms with Crippen molar-refractivity contribution in [1.29, 1.82) is 0 Å². The lowest BCUT2D eigenvalue weighted by Crippen LogP contribution is -2.11. The number of hydrogen-bond donors (Lipinski definition) is 1. The number of aromatic carboxylic acids is 1. The SMILES string of the molecule is O=C(O)c1c(C2CCCCC2)nc2c(F)cccn12. The molecule has 0 saturated heterocycles. The van der Waals surface area contributed by atoms with Gasteiger partial charge >= 0.3 is 5.97 Å². The van der Waals surface area contributed by atoms with Gasteiger partial charge < -0.3 is 5.11 Å². The van der Waals surface area contributed by atoms with E-state index in [0.29, 0.717) is 5.69 Å². The van der Waals surface area contributed by atoms with Gasteiger partial charge in [-0.15, -0.1) is 0 Å². The van der Waals surface area contributed by atoms with Crippen LogP contribution in [0.3, 0.4) is 0 Å². The molecule has 0 atom stereocenters. The Kier molecular flexibility index (Phi) is 2.97. The molecule has 1 aliphatic rings. The first kappa shape index (κ1) is 12.1. The number of carboxylic acids is 1. The fourth-order valence-corrected chi connectivity index (χ4v) is 2.93. The maximum atomic E-state index is 13.7. The van der Waals surface area contributed by atoms with Crippen LogP contribution in [0.5, 0.6) is 0 Å². The minimum atomic E-state index is -1.04. The van der Waals surface area contributed by atoms with E-state index >= 15 is 0 Å². The van der Waals surface area contributed by atoms with Crippen molar-refractivity contribution in [1.82, 2.24) is 9.38 Å². The molecule has 1 saturated carbocycles. The van der Waals surface area contributed by atoms with Gasteiger partial charge in [-0.2, -0.15) is 0 Å². The van der Waals surface area contributed by atoms with E-state index in [1.807, 2.05) is 0 Å². The first-order chi connectivity index (χ1) is 9.18. The maximum absolute atomic E-state index is 13.7. The van der Waals surface area contributed by atoms with Crippen LogP contribution in [-0.4, -0.2) is 20.5 Å². The predicted octanol–water partition coefficient (Wildman–Crippen LogP) is 3.22. The van der Waals surface area contributed by atoms with Crippen molar-refractivity contribution >= 4 is 11.6 Å². The Hall–Kier alpha value is -1.91. The Morgan fingerprint density at radius 3 is 2.79 bits per heavy atom. The lowest BCUT2D eigenvalue weighted by atomic mass is 9.86. The number of carbonyl (C=O) groups is 1. The fourth-order valence-electron chi connectivity index (χ4n) is 2.93. The van der Waals surface area contributed by atoms with Crippen LogP contribution in [0.15, 0.2) is 18.3 Å². The van der Waals surface area contributed by atoms with E-state index in [-0.39, 0.29) is 17.3 Å². The summed E-state index contributed by atoms with van der Waals surface area (Å²) < 4.78 is 15.1. The van der Waals surface area contributed by atoms with Crippen molar-refractivity contribution in [2.24, 2.45) is 0 Å². The minimum absolute atomic E-state index is 0.112. The molecular formula is C14H15FN2O2. The zero-order valence-corrected chi connectivity index (χ0v) is 10.5. The number of rotatable bonds is 2. The van der Waals surface area contributed by atoms with E-state index < -0.39 is 11.8 Å². The molecule has 5 heteroatoms. The topological polar surface area (TPSA) is 54.6 Å². The predicted molar refractivity (Wildman–Crippen MR) is 67.9 cm³/mol. The van der Waals surface area contributed by atoms with Gasteiger partial charge in [0.2, 0.25) is 0 Å². The van der Waals surface area contributed by atoms with Crippen LogP contribution in [0.1, 0.15) is 54.2 Å². The highest BCUT2D eigenvalue weighted by Crippen LogP contribution is 2.34. The van der Waals surface area contributed by atoms with Gasteiger partial charge in [0, 0.05) is 12.1 Å². The van der Waals surface area contributed by atoms with E-state index in [0.717, 1.165) is 25.7 Å². The third-order valence-electron chi connectivity index (χ3n) is 3.82. The summed E-state index contributed by atoms with van der Waals surface area (Å²) in [6, 6.07) is 2.81. The molecule has 0 amide bonds. The lowest BCUT2D eigenvalue weighted by Gasteiger charge is -2.20. The molecule has 19 heavy (non-hydrogen) atoms. The molecule has 1 aliphatic carbocycles. The van der Waals surface area contributed by atoms with Gasteiger partial charge in [-0.05, 0) is 25.0 Å². The zero-order valence-electron chi connectivity index (χ0n) is 10.5. The van der Waals surface area contributed by atoms with Crippen LogP contribution in [0.2, 0.25) is 0 Å². The molecule has 0 bridgehead atoms. The van der Waals surface area contributed by atoms with Crippen LogP contribution in [0.25, 0.3) is 5.65 Å². The number of aromatic nitrogens is 2. The summed E-state index contributed by atoms with van der Waals surface area (Å²) in [4.78, 5) is 15.7. The third-order valence-corrected chi connectivity index (χ3v) is 3.82. The summed E-state index contributed by atoms with van der Waals surface area (Å²) in [7, 11) is 0. The summed E-state index contributed by atoms with van der Waals surface area (Å²) >= 11 is 0. The summed E-state index contributed by atoms with van der Waals surface area (Å²) in [5, 5.41) is 9.39. The monoisotopic (exact) mass is 262 g/mol. The summed E-state index contributed by atoms with van der Waals surface area (Å²) in [5.74, 6) is -1.38. The van der Waals surface area contributed by atoms with Gasteiger partial charge in [-0.3, -0.25) is 4.40 Å². The van der Waals surface area contributed by atoms with Crippen molar-refractivity contribution in [3.05, 3.63) is 35.5 Å². The van der Waals surface area contributed by atoms with Crippen molar-refractivity contribution in [2.75, 3.05) is 0 Å². The van der Waals surface area contributed by atoms with Crippen LogP contribution >= 0.6 is 0 Å². The fraction of sp³-hybridized carbons (Fsp3) is 0.429. The normalized spacial score (nSPS) is 16.9. The van der Waals surface area contributed by atoms with Crippen LogP contribution in [-0.2, 0) is 0 Å². The second-order valence-corrected chi connectivity index (χ2v) is 5.04. The Bertz CT molecular complexity index is 630. The molecule has 1 N–H and O–H groups in total. The van der Waals surface area contributed by atoms with Gasteiger partial charge in [0.05, 0.1) is 5.69 Å². The minimum Gasteiger partial charge on any atom is -0.477 e. The van der Waals surface area contributed by atoms with Crippen molar-refractivity contribution < 1.29 is 14.3 Å². The standard InChI is InChI=1S/C14H15FN2O2/c15-10-7-4-8-17-12(14(18)19)11(16-13(10)17)9-5-2-1-3-6-9/h4,7-9H,1-3,5-6H2,(H,18,19). The van der Waals surface area contributed by atoms with Crippen molar-refractivity contribution in [2.45, 2.75) is 38.0 Å². The molecular weight excluding hydrogens is 247 g/mol. The number of imidazole rings is 1. The highest BCUT2D eigenvalue weighted by atomic mass is 19.1. The highest BCUT2D eigenvalue weighted by molar-refractivity contribution is 5.88. The number of hydrogen-bond acceptors (Lipinski definition) is 2. The average Bonchev–Trinajstić information content (AvgIpc) is 2.81. The molecule has 0 unspecified atom stereocenters. The van der Waals surface area contributed by atoms with E-state index in [1.54, 1.807) is 6.20 Å². The van der Waals surface area contributed by atoms with Crippen LogP contribution < -0.4 is 0 Å². The third kappa shape index (κ3) is 1.99. The Balaban J connectivity index is 2.19. The van der Waals surface area contributed by atoms with Crippen LogP contribution in [0, 0.1) is 5.82 Å². The van der Waals surface area contributed by atoms with Crippen LogP contribution in [0.4, 0.5) is 4.39 Å². The van der Waals surface area contributed by atoms with Crippen molar-refractivity contribution in [3.8, 4) is 0 Å². The molecule has 4 nitrogen and oxygen atoms in total. The smallest absolute Gasteiger partial charge is 0.354 e. The molecule has 2 heterocycles. The maximum Gasteiger partial charge on any atom is 0.354 e. The quantitative estimate of drug-likeness (QED) is 0.904. The molecule has 2 aromatic rings. The molecule has 2 aromatic heterocycles. The molecule has 0 aliphatic heterocycles. The lowest BCUT2D eigenvalue weighted by molar-refractivity contribution is 0.0687. The van der Waals surface area contributed by atoms with Gasteiger partial charge in [0.25, 0.3) is 0 Å².